The van der Waals surface area contributed by atoms with Crippen molar-refractivity contribution >= 4 is 24.0 Å². The molecule has 0 atom stereocenters. The van der Waals surface area contributed by atoms with Crippen molar-refractivity contribution in [3.05, 3.63) is 71.4 Å². The number of hydrogen-bond donors (Lipinski definition) is 1. The van der Waals surface area contributed by atoms with Gasteiger partial charge in [-0.2, -0.15) is 0 Å². The Morgan fingerprint density at radius 2 is 1.56 bits per heavy atom. The summed E-state index contributed by atoms with van der Waals surface area (Å²) in [6.07, 6.45) is 1.22. The number of methoxy groups -OCH3 is 1. The number of ether oxygens (including phenoxy) is 2. The smallest absolute Gasteiger partial charge is 0.409 e. The quantitative estimate of drug-likeness (QED) is 0.702. The molecule has 8 nitrogen and oxygen atoms in total. The Morgan fingerprint density at radius 1 is 0.938 bits per heavy atom. The third-order valence-corrected chi connectivity index (χ3v) is 5.05. The Balaban J connectivity index is 1.82. The molecule has 1 heterocycles. The Morgan fingerprint density at radius 3 is 2.22 bits per heavy atom. The van der Waals surface area contributed by atoms with Crippen LogP contribution < -0.4 is 10.1 Å². The van der Waals surface area contributed by atoms with Gasteiger partial charge in [0.05, 0.1) is 13.7 Å². The highest BCUT2D eigenvalue weighted by atomic mass is 16.6. The fourth-order valence-corrected chi connectivity index (χ4v) is 3.35. The van der Waals surface area contributed by atoms with Crippen LogP contribution in [-0.4, -0.2) is 67.6 Å². The van der Waals surface area contributed by atoms with Gasteiger partial charge in [-0.15, -0.1) is 0 Å². The summed E-state index contributed by atoms with van der Waals surface area (Å²) in [5.74, 6) is -0.132. The fourth-order valence-electron chi connectivity index (χ4n) is 3.35. The molecule has 2 aromatic carbocycles. The minimum absolute atomic E-state index is 0.132. The normalized spacial score (nSPS) is 14.0. The summed E-state index contributed by atoms with van der Waals surface area (Å²) < 4.78 is 10.4. The Labute approximate surface area is 187 Å². The van der Waals surface area contributed by atoms with Crippen LogP contribution in [0.3, 0.4) is 0 Å². The van der Waals surface area contributed by atoms with Crippen LogP contribution in [0.15, 0.2) is 60.3 Å². The lowest BCUT2D eigenvalue weighted by atomic mass is 10.1. The van der Waals surface area contributed by atoms with Gasteiger partial charge in [-0.1, -0.05) is 36.4 Å². The van der Waals surface area contributed by atoms with Crippen LogP contribution in [0.25, 0.3) is 6.08 Å². The monoisotopic (exact) mass is 437 g/mol. The van der Waals surface area contributed by atoms with Crippen LogP contribution in [0.5, 0.6) is 5.75 Å². The molecule has 32 heavy (non-hydrogen) atoms. The average Bonchev–Trinajstić information content (AvgIpc) is 2.84. The lowest BCUT2D eigenvalue weighted by Gasteiger charge is -2.34. The summed E-state index contributed by atoms with van der Waals surface area (Å²) in [6.45, 7) is 3.44. The maximum Gasteiger partial charge on any atom is 0.409 e. The number of piperazine rings is 1. The van der Waals surface area contributed by atoms with Crippen molar-refractivity contribution in [3.63, 3.8) is 0 Å². The number of carbonyl (C=O) groups is 3. The van der Waals surface area contributed by atoms with E-state index in [1.165, 1.54) is 0 Å². The maximum atomic E-state index is 13.3. The van der Waals surface area contributed by atoms with Crippen molar-refractivity contribution < 1.29 is 23.9 Å². The zero-order valence-corrected chi connectivity index (χ0v) is 18.2. The topological polar surface area (TPSA) is 88.2 Å². The minimum atomic E-state index is -0.387. The molecule has 0 aromatic heterocycles. The van der Waals surface area contributed by atoms with Gasteiger partial charge in [0, 0.05) is 37.3 Å². The first-order valence-electron chi connectivity index (χ1n) is 10.5. The Bertz CT molecular complexity index is 982. The maximum absolute atomic E-state index is 13.3. The van der Waals surface area contributed by atoms with Gasteiger partial charge in [0.15, 0.2) is 0 Å². The first-order valence-corrected chi connectivity index (χ1v) is 10.5. The Hall–Kier alpha value is -3.81. The standard InChI is InChI=1S/C24H27N3O5/c1-3-32-24(30)27-15-13-26(14-16-27)23(29)20(17-19-11-7-8-12-21(19)31-2)25-22(28)18-9-5-4-6-10-18/h4-12,17H,3,13-16H2,1-2H3,(H,25,28)/b20-17-. The molecule has 8 heteroatoms. The Kier molecular flexibility index (Phi) is 7.85. The predicted molar refractivity (Wildman–Crippen MR) is 120 cm³/mol. The fraction of sp³-hybridized carbons (Fsp3) is 0.292. The predicted octanol–water partition coefficient (Wildman–Crippen LogP) is 2.77. The molecule has 3 amide bonds. The highest BCUT2D eigenvalue weighted by molar-refractivity contribution is 6.05. The van der Waals surface area contributed by atoms with Gasteiger partial charge >= 0.3 is 6.09 Å². The molecule has 0 saturated carbocycles. The van der Waals surface area contributed by atoms with Crippen LogP contribution in [0.1, 0.15) is 22.8 Å². The van der Waals surface area contributed by atoms with Gasteiger partial charge < -0.3 is 24.6 Å². The lowest BCUT2D eigenvalue weighted by Crippen LogP contribution is -2.52. The number of benzene rings is 2. The number of hydrogen-bond acceptors (Lipinski definition) is 5. The molecular formula is C24H27N3O5. The zero-order chi connectivity index (χ0) is 22.9. The largest absolute Gasteiger partial charge is 0.496 e. The minimum Gasteiger partial charge on any atom is -0.496 e. The van der Waals surface area contributed by atoms with Crippen molar-refractivity contribution in [2.75, 3.05) is 39.9 Å². The third kappa shape index (κ3) is 5.66. The second-order valence-electron chi connectivity index (χ2n) is 7.10. The summed E-state index contributed by atoms with van der Waals surface area (Å²) in [5.41, 5.74) is 1.24. The molecule has 0 spiro atoms. The van der Waals surface area contributed by atoms with E-state index >= 15 is 0 Å². The molecule has 2 aromatic rings. The number of nitrogens with one attached hydrogen (secondary N) is 1. The molecule has 1 fully saturated rings. The SMILES string of the molecule is CCOC(=O)N1CCN(C(=O)/C(=C/c2ccccc2OC)NC(=O)c2ccccc2)CC1. The second kappa shape index (κ2) is 11.0. The third-order valence-electron chi connectivity index (χ3n) is 5.05. The highest BCUT2D eigenvalue weighted by Gasteiger charge is 2.27. The number of rotatable bonds is 6. The van der Waals surface area contributed by atoms with Crippen molar-refractivity contribution in [3.8, 4) is 5.75 Å². The van der Waals surface area contributed by atoms with Crippen LogP contribution in [0, 0.1) is 0 Å². The van der Waals surface area contributed by atoms with Gasteiger partial charge in [0.25, 0.3) is 11.8 Å². The number of para-hydroxylation sites is 1. The summed E-state index contributed by atoms with van der Waals surface area (Å²) >= 11 is 0. The number of nitrogens with zero attached hydrogens (tertiary/aromatic N) is 2. The van der Waals surface area contributed by atoms with Crippen molar-refractivity contribution in [1.82, 2.24) is 15.1 Å². The highest BCUT2D eigenvalue weighted by Crippen LogP contribution is 2.21. The van der Waals surface area contributed by atoms with E-state index in [-0.39, 0.29) is 23.6 Å². The summed E-state index contributed by atoms with van der Waals surface area (Å²) in [6, 6.07) is 15.9. The van der Waals surface area contributed by atoms with Crippen molar-refractivity contribution in [2.45, 2.75) is 6.92 Å². The molecule has 3 rings (SSSR count). The summed E-state index contributed by atoms with van der Waals surface area (Å²) in [7, 11) is 1.55. The van der Waals surface area contributed by atoms with E-state index in [2.05, 4.69) is 5.32 Å². The summed E-state index contributed by atoms with van der Waals surface area (Å²) in [5, 5.41) is 2.75. The van der Waals surface area contributed by atoms with Gasteiger partial charge in [0.1, 0.15) is 11.4 Å². The van der Waals surface area contributed by atoms with Gasteiger partial charge in [-0.3, -0.25) is 9.59 Å². The van der Waals surface area contributed by atoms with Crippen LogP contribution >= 0.6 is 0 Å². The van der Waals surface area contributed by atoms with Crippen molar-refractivity contribution in [2.24, 2.45) is 0 Å². The molecule has 0 unspecified atom stereocenters. The van der Waals surface area contributed by atoms with E-state index in [0.29, 0.717) is 49.7 Å². The molecule has 1 N–H and O–H groups in total. The van der Waals surface area contributed by atoms with E-state index in [9.17, 15) is 14.4 Å². The number of amides is 3. The molecule has 168 valence electrons. The van der Waals surface area contributed by atoms with Gasteiger partial charge in [0.2, 0.25) is 0 Å². The van der Waals surface area contributed by atoms with E-state index in [0.717, 1.165) is 0 Å². The van der Waals surface area contributed by atoms with Crippen molar-refractivity contribution in [1.29, 1.82) is 0 Å². The van der Waals surface area contributed by atoms with Crippen LogP contribution in [-0.2, 0) is 9.53 Å². The molecule has 1 aliphatic rings. The van der Waals surface area contributed by atoms with Gasteiger partial charge in [-0.25, -0.2) is 4.79 Å². The van der Waals surface area contributed by atoms with E-state index in [1.54, 1.807) is 66.3 Å². The van der Waals surface area contributed by atoms with E-state index in [1.807, 2.05) is 18.2 Å². The molecule has 0 bridgehead atoms. The van der Waals surface area contributed by atoms with E-state index < -0.39 is 0 Å². The zero-order valence-electron chi connectivity index (χ0n) is 18.2. The molecule has 0 aliphatic carbocycles. The van der Waals surface area contributed by atoms with Crippen LogP contribution in [0.2, 0.25) is 0 Å². The average molecular weight is 437 g/mol. The first-order chi connectivity index (χ1) is 15.5. The molecule has 0 radical (unpaired) electrons. The molecule has 1 aliphatic heterocycles. The number of carbonyl (C=O) groups excluding carboxylic acids is 3. The van der Waals surface area contributed by atoms with E-state index in [4.69, 9.17) is 9.47 Å². The molecular weight excluding hydrogens is 410 g/mol. The van der Waals surface area contributed by atoms with Gasteiger partial charge in [-0.05, 0) is 31.2 Å². The first kappa shape index (κ1) is 22.9. The van der Waals surface area contributed by atoms with Crippen LogP contribution in [0.4, 0.5) is 4.79 Å². The lowest BCUT2D eigenvalue weighted by molar-refractivity contribution is -0.128. The summed E-state index contributed by atoms with van der Waals surface area (Å²) in [4.78, 5) is 41.2. The second-order valence-corrected chi connectivity index (χ2v) is 7.10. The molecule has 1 saturated heterocycles.